The number of alkyl carbamates (subject to hydrolysis) is 1. The maximum absolute atomic E-state index is 13.7. The van der Waals surface area contributed by atoms with E-state index in [0.717, 1.165) is 16.7 Å². The summed E-state index contributed by atoms with van der Waals surface area (Å²) in [5.74, 6) is -0.899. The normalized spacial score (nSPS) is 11.9. The van der Waals surface area contributed by atoms with Crippen LogP contribution in [0.15, 0.2) is 49.1 Å². The number of benzene rings is 2. The van der Waals surface area contributed by atoms with E-state index >= 15 is 0 Å². The Morgan fingerprint density at radius 3 is 2.29 bits per heavy atom. The smallest absolute Gasteiger partial charge is 0.408 e. The Bertz CT molecular complexity index is 1070. The fraction of sp³-hybridized carbons (Fsp3) is 0.370. The predicted molar refractivity (Wildman–Crippen MR) is 140 cm³/mol. The first-order chi connectivity index (χ1) is 16.3. The number of nitrogens with one attached hydrogen (secondary N) is 2. The van der Waals surface area contributed by atoms with Crippen molar-refractivity contribution in [2.75, 3.05) is 18.4 Å². The molecule has 0 aromatic heterocycles. The lowest BCUT2D eigenvalue weighted by Gasteiger charge is -2.31. The van der Waals surface area contributed by atoms with Crippen LogP contribution < -0.4 is 10.6 Å². The van der Waals surface area contributed by atoms with Gasteiger partial charge < -0.3 is 20.3 Å². The van der Waals surface area contributed by atoms with Gasteiger partial charge in [-0.05, 0) is 58.7 Å². The lowest BCUT2D eigenvalue weighted by Crippen LogP contribution is -2.46. The molecule has 0 heterocycles. The molecule has 35 heavy (non-hydrogen) atoms. The molecule has 3 amide bonds. The highest BCUT2D eigenvalue weighted by molar-refractivity contribution is 6.34. The fourth-order valence-corrected chi connectivity index (χ4v) is 3.95. The van der Waals surface area contributed by atoms with E-state index in [1.807, 2.05) is 45.0 Å². The van der Waals surface area contributed by atoms with Gasteiger partial charge in [0.05, 0.1) is 10.7 Å². The second-order valence-corrected chi connectivity index (χ2v) is 9.84. The van der Waals surface area contributed by atoms with Crippen molar-refractivity contribution < 1.29 is 19.1 Å². The summed E-state index contributed by atoms with van der Waals surface area (Å²) >= 11 is 6.34. The lowest BCUT2D eigenvalue weighted by atomic mass is 9.98. The number of aryl methyl sites for hydroxylation is 3. The molecule has 1 unspecified atom stereocenters. The number of amides is 3. The van der Waals surface area contributed by atoms with Crippen molar-refractivity contribution in [1.29, 1.82) is 0 Å². The minimum Gasteiger partial charge on any atom is -0.444 e. The van der Waals surface area contributed by atoms with Gasteiger partial charge in [0.2, 0.25) is 5.91 Å². The van der Waals surface area contributed by atoms with Crippen LogP contribution in [0.1, 0.15) is 49.1 Å². The standard InChI is InChI=1S/C27H34ClN3O4/c1-8-12-31(22(32)16-29-26(34)35-27(5,6)7)24(20-14-17(2)13-18(3)15-20)25(33)30-23-19(4)10-9-11-21(23)28/h8-11,13-15,24H,1,12,16H2,2-7H3,(H,29,34)(H,30,33). The number of hydrogen-bond acceptors (Lipinski definition) is 4. The third-order valence-corrected chi connectivity index (χ3v) is 5.33. The van der Waals surface area contributed by atoms with Crippen molar-refractivity contribution in [3.63, 3.8) is 0 Å². The Morgan fingerprint density at radius 2 is 1.74 bits per heavy atom. The van der Waals surface area contributed by atoms with Crippen molar-refractivity contribution in [3.8, 4) is 0 Å². The molecule has 2 aromatic carbocycles. The van der Waals surface area contributed by atoms with Crippen molar-refractivity contribution in [3.05, 3.63) is 76.3 Å². The molecule has 0 bridgehead atoms. The van der Waals surface area contributed by atoms with Crippen LogP contribution in [0.5, 0.6) is 0 Å². The molecule has 0 saturated heterocycles. The second-order valence-electron chi connectivity index (χ2n) is 9.43. The van der Waals surface area contributed by atoms with Crippen LogP contribution in [-0.4, -0.2) is 41.5 Å². The molecule has 2 rings (SSSR count). The highest BCUT2D eigenvalue weighted by Gasteiger charge is 2.32. The van der Waals surface area contributed by atoms with Crippen molar-refractivity contribution in [2.45, 2.75) is 53.2 Å². The minimum atomic E-state index is -0.991. The number of hydrogen-bond donors (Lipinski definition) is 2. The number of nitrogens with zero attached hydrogens (tertiary/aromatic N) is 1. The molecule has 2 N–H and O–H groups in total. The summed E-state index contributed by atoms with van der Waals surface area (Å²) in [5, 5.41) is 5.76. The van der Waals surface area contributed by atoms with Crippen LogP contribution in [-0.2, 0) is 14.3 Å². The topological polar surface area (TPSA) is 87.7 Å². The van der Waals surface area contributed by atoms with Gasteiger partial charge in [-0.25, -0.2) is 4.79 Å². The molecule has 0 aliphatic rings. The maximum atomic E-state index is 13.7. The highest BCUT2D eigenvalue weighted by atomic mass is 35.5. The number of ether oxygens (including phenoxy) is 1. The Labute approximate surface area is 212 Å². The molecule has 0 fully saturated rings. The van der Waals surface area contributed by atoms with Crippen LogP contribution in [0, 0.1) is 20.8 Å². The SMILES string of the molecule is C=CCN(C(=O)CNC(=O)OC(C)(C)C)C(C(=O)Nc1c(C)cccc1Cl)c1cc(C)cc(C)c1. The fourth-order valence-electron chi connectivity index (χ4n) is 3.68. The summed E-state index contributed by atoms with van der Waals surface area (Å²) < 4.78 is 5.22. The van der Waals surface area contributed by atoms with E-state index in [1.165, 1.54) is 11.0 Å². The van der Waals surface area contributed by atoms with Gasteiger partial charge in [-0.2, -0.15) is 0 Å². The number of rotatable bonds is 8. The number of para-hydroxylation sites is 1. The molecular formula is C27H34ClN3O4. The zero-order valence-electron chi connectivity index (χ0n) is 21.2. The zero-order valence-corrected chi connectivity index (χ0v) is 22.0. The summed E-state index contributed by atoms with van der Waals surface area (Å²) in [6.07, 6.45) is 0.818. The molecule has 0 spiro atoms. The number of carbonyl (C=O) groups excluding carboxylic acids is 3. The van der Waals surface area contributed by atoms with Crippen molar-refractivity contribution in [2.24, 2.45) is 0 Å². The van der Waals surface area contributed by atoms with E-state index in [0.29, 0.717) is 16.3 Å². The Balaban J connectivity index is 2.43. The van der Waals surface area contributed by atoms with Crippen LogP contribution >= 0.6 is 11.6 Å². The summed E-state index contributed by atoms with van der Waals surface area (Å²) in [6, 6.07) is 10.0. The van der Waals surface area contributed by atoms with Gasteiger partial charge in [-0.3, -0.25) is 9.59 Å². The minimum absolute atomic E-state index is 0.0847. The number of halogens is 1. The lowest BCUT2D eigenvalue weighted by molar-refractivity contribution is -0.137. The first-order valence-corrected chi connectivity index (χ1v) is 11.7. The molecule has 0 radical (unpaired) electrons. The van der Waals surface area contributed by atoms with Crippen LogP contribution in [0.25, 0.3) is 0 Å². The molecule has 2 aromatic rings. The van der Waals surface area contributed by atoms with Crippen LogP contribution in [0.3, 0.4) is 0 Å². The van der Waals surface area contributed by atoms with Crippen LogP contribution in [0.2, 0.25) is 5.02 Å². The second kappa shape index (κ2) is 11.9. The summed E-state index contributed by atoms with van der Waals surface area (Å²) in [7, 11) is 0. The first kappa shape index (κ1) is 27.9. The maximum Gasteiger partial charge on any atom is 0.408 e. The Hall–Kier alpha value is -3.32. The molecule has 0 saturated carbocycles. The average molecular weight is 500 g/mol. The molecule has 0 aliphatic carbocycles. The van der Waals surface area contributed by atoms with E-state index in [4.69, 9.17) is 16.3 Å². The van der Waals surface area contributed by atoms with E-state index in [-0.39, 0.29) is 13.1 Å². The average Bonchev–Trinajstić information content (AvgIpc) is 2.72. The first-order valence-electron chi connectivity index (χ1n) is 11.3. The number of anilines is 1. The summed E-state index contributed by atoms with van der Waals surface area (Å²) in [4.78, 5) is 40.4. The van der Waals surface area contributed by atoms with Gasteiger partial charge >= 0.3 is 6.09 Å². The molecule has 8 heteroatoms. The highest BCUT2D eigenvalue weighted by Crippen LogP contribution is 2.29. The van der Waals surface area contributed by atoms with Gasteiger partial charge in [0, 0.05) is 6.54 Å². The van der Waals surface area contributed by atoms with Gasteiger partial charge in [0.25, 0.3) is 5.91 Å². The summed E-state index contributed by atoms with van der Waals surface area (Å²) in [5.41, 5.74) is 3.10. The Kier molecular flexibility index (Phi) is 9.48. The monoisotopic (exact) mass is 499 g/mol. The third kappa shape index (κ3) is 8.14. The predicted octanol–water partition coefficient (Wildman–Crippen LogP) is 5.48. The molecular weight excluding hydrogens is 466 g/mol. The number of carbonyl (C=O) groups is 3. The molecule has 1 atom stereocenters. The van der Waals surface area contributed by atoms with Crippen molar-refractivity contribution >= 4 is 35.2 Å². The Morgan fingerprint density at radius 1 is 1.11 bits per heavy atom. The largest absolute Gasteiger partial charge is 0.444 e. The quantitative estimate of drug-likeness (QED) is 0.470. The van der Waals surface area contributed by atoms with E-state index < -0.39 is 29.6 Å². The van der Waals surface area contributed by atoms with E-state index in [9.17, 15) is 14.4 Å². The summed E-state index contributed by atoms with van der Waals surface area (Å²) in [6.45, 7) is 14.4. The van der Waals surface area contributed by atoms with E-state index in [1.54, 1.807) is 32.9 Å². The van der Waals surface area contributed by atoms with E-state index in [2.05, 4.69) is 17.2 Å². The van der Waals surface area contributed by atoms with Gasteiger partial charge in [-0.1, -0.05) is 59.1 Å². The zero-order chi connectivity index (χ0) is 26.3. The van der Waals surface area contributed by atoms with Crippen LogP contribution in [0.4, 0.5) is 10.5 Å². The molecule has 0 aliphatic heterocycles. The van der Waals surface area contributed by atoms with Gasteiger partial charge in [-0.15, -0.1) is 6.58 Å². The van der Waals surface area contributed by atoms with Gasteiger partial charge in [0.15, 0.2) is 0 Å². The molecule has 7 nitrogen and oxygen atoms in total. The molecule has 188 valence electrons. The third-order valence-electron chi connectivity index (χ3n) is 5.02. The van der Waals surface area contributed by atoms with Gasteiger partial charge in [0.1, 0.15) is 18.2 Å². The van der Waals surface area contributed by atoms with Crippen molar-refractivity contribution in [1.82, 2.24) is 10.2 Å².